The summed E-state index contributed by atoms with van der Waals surface area (Å²) in [5.41, 5.74) is 2.62. The molecule has 1 atom stereocenters. The molecule has 0 saturated heterocycles. The van der Waals surface area contributed by atoms with Crippen LogP contribution in [0, 0.1) is 11.7 Å². The van der Waals surface area contributed by atoms with Crippen LogP contribution in [0.15, 0.2) is 67.4 Å². The molecule has 1 amide bonds. The molecule has 1 N–H and O–H groups in total. The van der Waals surface area contributed by atoms with Crippen molar-refractivity contribution in [2.75, 3.05) is 0 Å². The highest BCUT2D eigenvalue weighted by molar-refractivity contribution is 6.30. The Bertz CT molecular complexity index is 1070. The maximum absolute atomic E-state index is 13.8. The number of hydrogen-bond donors (Lipinski definition) is 1. The van der Waals surface area contributed by atoms with Gasteiger partial charge in [0.1, 0.15) is 5.82 Å². The van der Waals surface area contributed by atoms with E-state index in [0.29, 0.717) is 22.4 Å². The summed E-state index contributed by atoms with van der Waals surface area (Å²) in [6, 6.07) is 13.8. The molecule has 1 aliphatic carbocycles. The molecule has 0 radical (unpaired) electrons. The van der Waals surface area contributed by atoms with Gasteiger partial charge in [0.25, 0.3) is 5.91 Å². The Labute approximate surface area is 187 Å². The molecule has 1 fully saturated rings. The lowest BCUT2D eigenvalue weighted by Crippen LogP contribution is -2.41. The predicted octanol–water partition coefficient (Wildman–Crippen LogP) is 6.68. The fourth-order valence-electron chi connectivity index (χ4n) is 4.73. The highest BCUT2D eigenvalue weighted by atomic mass is 35.5. The van der Waals surface area contributed by atoms with Crippen LogP contribution in [0.5, 0.6) is 0 Å². The topological polar surface area (TPSA) is 42.0 Å². The number of aromatic nitrogens is 1. The number of pyridine rings is 1. The van der Waals surface area contributed by atoms with Crippen LogP contribution in [-0.4, -0.2) is 16.9 Å². The van der Waals surface area contributed by atoms with E-state index in [1.165, 1.54) is 11.6 Å². The maximum atomic E-state index is 13.8. The normalized spacial score (nSPS) is 19.7. The second-order valence-corrected chi connectivity index (χ2v) is 8.72. The molecule has 31 heavy (non-hydrogen) atoms. The summed E-state index contributed by atoms with van der Waals surface area (Å²) in [7, 11) is 0. The van der Waals surface area contributed by atoms with Crippen molar-refractivity contribution in [3.63, 3.8) is 0 Å². The highest BCUT2D eigenvalue weighted by Gasteiger charge is 2.29. The molecule has 1 aliphatic rings. The third kappa shape index (κ3) is 4.96. The van der Waals surface area contributed by atoms with E-state index in [-0.39, 0.29) is 17.8 Å². The molecule has 4 rings (SSSR count). The molecule has 160 valence electrons. The zero-order valence-electron chi connectivity index (χ0n) is 17.4. The molecule has 0 bridgehead atoms. The molecule has 0 aliphatic heterocycles. The smallest absolute Gasteiger partial charge is 0.251 e. The lowest BCUT2D eigenvalue weighted by atomic mass is 9.74. The van der Waals surface area contributed by atoms with Gasteiger partial charge in [-0.2, -0.15) is 0 Å². The van der Waals surface area contributed by atoms with Crippen LogP contribution in [-0.2, 0) is 0 Å². The first kappa shape index (κ1) is 21.5. The number of carbonyl (C=O) groups excluding carboxylic acids is 1. The molecular weight excluding hydrogens is 411 g/mol. The number of benzene rings is 2. The number of hydrogen-bond acceptors (Lipinski definition) is 2. The quantitative estimate of drug-likeness (QED) is 0.438. The molecule has 0 unspecified atom stereocenters. The molecule has 2 aromatic carbocycles. The summed E-state index contributed by atoms with van der Waals surface area (Å²) < 4.78 is 13.8. The van der Waals surface area contributed by atoms with Gasteiger partial charge in [0.15, 0.2) is 0 Å². The average molecular weight is 437 g/mol. The van der Waals surface area contributed by atoms with Gasteiger partial charge >= 0.3 is 0 Å². The molecular formula is C26H26ClFN2O. The molecule has 1 heterocycles. The van der Waals surface area contributed by atoms with E-state index >= 15 is 0 Å². The minimum absolute atomic E-state index is 0.0493. The largest absolute Gasteiger partial charge is 0.349 e. The van der Waals surface area contributed by atoms with Crippen LogP contribution in [0.2, 0.25) is 5.02 Å². The molecule has 3 nitrogen and oxygen atoms in total. The van der Waals surface area contributed by atoms with Gasteiger partial charge < -0.3 is 5.32 Å². The van der Waals surface area contributed by atoms with Crippen LogP contribution in [0.4, 0.5) is 4.39 Å². The third-order valence-electron chi connectivity index (χ3n) is 6.36. The number of rotatable bonds is 6. The highest BCUT2D eigenvalue weighted by Crippen LogP contribution is 2.40. The van der Waals surface area contributed by atoms with Gasteiger partial charge in [-0.3, -0.25) is 9.78 Å². The summed E-state index contributed by atoms with van der Waals surface area (Å²) in [6.45, 7) is 3.88. The van der Waals surface area contributed by atoms with Gasteiger partial charge in [-0.1, -0.05) is 17.7 Å². The van der Waals surface area contributed by atoms with Crippen molar-refractivity contribution in [2.45, 2.75) is 44.1 Å². The van der Waals surface area contributed by atoms with Crippen LogP contribution < -0.4 is 5.32 Å². The van der Waals surface area contributed by atoms with E-state index in [9.17, 15) is 9.18 Å². The Kier molecular flexibility index (Phi) is 6.67. The Hall–Kier alpha value is -2.72. The zero-order chi connectivity index (χ0) is 21.8. The van der Waals surface area contributed by atoms with Crippen molar-refractivity contribution in [2.24, 2.45) is 5.92 Å². The van der Waals surface area contributed by atoms with Crippen molar-refractivity contribution < 1.29 is 9.18 Å². The second kappa shape index (κ2) is 9.61. The first-order valence-corrected chi connectivity index (χ1v) is 11.1. The Morgan fingerprint density at radius 1 is 1.16 bits per heavy atom. The van der Waals surface area contributed by atoms with Crippen LogP contribution in [0.3, 0.4) is 0 Å². The molecule has 3 aromatic rings. The van der Waals surface area contributed by atoms with Crippen molar-refractivity contribution in [3.8, 4) is 0 Å². The van der Waals surface area contributed by atoms with Gasteiger partial charge in [-0.05, 0) is 98.0 Å². The van der Waals surface area contributed by atoms with Crippen molar-refractivity contribution in [1.82, 2.24) is 10.3 Å². The summed E-state index contributed by atoms with van der Waals surface area (Å²) in [5.74, 6) is 0.447. The fourth-order valence-corrected chi connectivity index (χ4v) is 4.86. The van der Waals surface area contributed by atoms with Gasteiger partial charge in [-0.25, -0.2) is 4.39 Å². The fraction of sp³-hybridized carbons (Fsp3) is 0.308. The lowest BCUT2D eigenvalue weighted by Gasteiger charge is -2.34. The standard InChI is InChI=1S/C26H26ClFN2O/c1-2-3-24(30-26(31)19-8-10-20(27)11-9-19)18-6-4-17(5-7-18)22-14-15-29-25-13-12-21(28)16-23(22)25/h2,8-18,24H,1,3-7H2,(H,30,31)/t17-,18+,24-/m1/s1. The third-order valence-corrected chi connectivity index (χ3v) is 6.61. The average Bonchev–Trinajstić information content (AvgIpc) is 2.79. The number of halogens is 2. The Morgan fingerprint density at radius 3 is 2.61 bits per heavy atom. The second-order valence-electron chi connectivity index (χ2n) is 8.28. The number of carbonyl (C=O) groups is 1. The molecule has 5 heteroatoms. The van der Waals surface area contributed by atoms with E-state index in [1.807, 2.05) is 18.3 Å². The van der Waals surface area contributed by atoms with Crippen molar-refractivity contribution >= 4 is 28.4 Å². The Balaban J connectivity index is 1.45. The molecule has 1 saturated carbocycles. The van der Waals surface area contributed by atoms with Gasteiger partial charge in [-0.15, -0.1) is 6.58 Å². The summed E-state index contributed by atoms with van der Waals surface area (Å²) in [4.78, 5) is 17.1. The molecule has 1 aromatic heterocycles. The van der Waals surface area contributed by atoms with E-state index in [2.05, 4.69) is 16.9 Å². The number of amides is 1. The number of nitrogens with zero attached hydrogens (tertiary/aromatic N) is 1. The minimum Gasteiger partial charge on any atom is -0.349 e. The Morgan fingerprint density at radius 2 is 1.90 bits per heavy atom. The summed E-state index contributed by atoms with van der Waals surface area (Å²) in [5, 5.41) is 4.72. The monoisotopic (exact) mass is 436 g/mol. The van der Waals surface area contributed by atoms with Crippen LogP contribution in [0.25, 0.3) is 10.9 Å². The van der Waals surface area contributed by atoms with Gasteiger partial charge in [0.2, 0.25) is 0 Å². The maximum Gasteiger partial charge on any atom is 0.251 e. The van der Waals surface area contributed by atoms with E-state index < -0.39 is 0 Å². The summed E-state index contributed by atoms with van der Waals surface area (Å²) >= 11 is 5.93. The van der Waals surface area contributed by atoms with Crippen molar-refractivity contribution in [3.05, 3.63) is 89.3 Å². The van der Waals surface area contributed by atoms with Gasteiger partial charge in [0, 0.05) is 28.2 Å². The van der Waals surface area contributed by atoms with Gasteiger partial charge in [0.05, 0.1) is 5.52 Å². The predicted molar refractivity (Wildman–Crippen MR) is 124 cm³/mol. The lowest BCUT2D eigenvalue weighted by molar-refractivity contribution is 0.0912. The van der Waals surface area contributed by atoms with E-state index in [4.69, 9.17) is 11.6 Å². The number of nitrogens with one attached hydrogen (secondary N) is 1. The van der Waals surface area contributed by atoms with Crippen molar-refractivity contribution in [1.29, 1.82) is 0 Å². The molecule has 0 spiro atoms. The first-order chi connectivity index (χ1) is 15.0. The van der Waals surface area contributed by atoms with Crippen LogP contribution in [0.1, 0.15) is 53.9 Å². The first-order valence-electron chi connectivity index (χ1n) is 10.8. The number of fused-ring (bicyclic) bond motifs is 1. The zero-order valence-corrected chi connectivity index (χ0v) is 18.1. The minimum atomic E-state index is -0.230. The van der Waals surface area contributed by atoms with E-state index in [1.54, 1.807) is 36.4 Å². The summed E-state index contributed by atoms with van der Waals surface area (Å²) in [6.07, 6.45) is 8.44. The SMILES string of the molecule is C=CC[C@@H](NC(=O)c1ccc(Cl)cc1)[C@H]1CC[C@@H](c2ccnc3ccc(F)cc32)CC1. The van der Waals surface area contributed by atoms with Crippen LogP contribution >= 0.6 is 11.6 Å². The van der Waals surface area contributed by atoms with E-state index in [0.717, 1.165) is 43.0 Å².